The summed E-state index contributed by atoms with van der Waals surface area (Å²) in [6.07, 6.45) is 30.2. The van der Waals surface area contributed by atoms with E-state index in [1.807, 2.05) is 28.1 Å². The van der Waals surface area contributed by atoms with Crippen molar-refractivity contribution in [3.63, 3.8) is 0 Å². The normalized spacial score (nSPS) is 14.4. The zero-order chi connectivity index (χ0) is 32.8. The first-order valence-electron chi connectivity index (χ1n) is 17.6. The van der Waals surface area contributed by atoms with Gasteiger partial charge in [-0.2, -0.15) is 0 Å². The Morgan fingerprint density at radius 1 is 0.705 bits per heavy atom. The molecule has 0 aliphatic heterocycles. The molecule has 0 spiro atoms. The summed E-state index contributed by atoms with van der Waals surface area (Å²) in [5.41, 5.74) is 0. The highest BCUT2D eigenvalue weighted by atomic mass is 31.2. The molecule has 2 atom stereocenters. The van der Waals surface area contributed by atoms with Gasteiger partial charge in [-0.3, -0.25) is 13.8 Å². The van der Waals surface area contributed by atoms with Crippen LogP contribution in [-0.4, -0.2) is 75.6 Å². The molecule has 0 aliphatic rings. The van der Waals surface area contributed by atoms with Crippen LogP contribution in [0.1, 0.15) is 136 Å². The summed E-state index contributed by atoms with van der Waals surface area (Å²) in [7, 11) is 1.66. The molecule has 0 bridgehead atoms. The van der Waals surface area contributed by atoms with E-state index in [9.17, 15) is 14.3 Å². The smallest absolute Gasteiger partial charge is 0.457 e. The molecule has 0 aromatic carbocycles. The second kappa shape index (κ2) is 29.4. The van der Waals surface area contributed by atoms with Gasteiger partial charge in [0.15, 0.2) is 0 Å². The Morgan fingerprint density at radius 3 is 1.82 bits per heavy atom. The SMILES string of the molecule is CCCCC/C=C\C/C=C\CCCCCCCCCCCCOCC(COP(=O)(O)OCC[N+](C)(C)C)OC(=O)CCCC. The van der Waals surface area contributed by atoms with Gasteiger partial charge in [0.05, 0.1) is 34.4 Å². The highest BCUT2D eigenvalue weighted by Gasteiger charge is 2.26. The van der Waals surface area contributed by atoms with Crippen molar-refractivity contribution in [1.82, 2.24) is 0 Å². The van der Waals surface area contributed by atoms with E-state index in [-0.39, 0.29) is 25.8 Å². The lowest BCUT2D eigenvalue weighted by molar-refractivity contribution is -0.870. The number of phosphoric acid groups is 1. The van der Waals surface area contributed by atoms with Crippen molar-refractivity contribution in [3.05, 3.63) is 24.3 Å². The first-order chi connectivity index (χ1) is 21.1. The van der Waals surface area contributed by atoms with Crippen molar-refractivity contribution >= 4 is 13.8 Å². The van der Waals surface area contributed by atoms with E-state index in [2.05, 4.69) is 31.2 Å². The number of carbonyl (C=O) groups is 1. The highest BCUT2D eigenvalue weighted by molar-refractivity contribution is 7.47. The number of rotatable bonds is 32. The van der Waals surface area contributed by atoms with Crippen LogP contribution in [0, 0.1) is 0 Å². The van der Waals surface area contributed by atoms with Crippen LogP contribution in [0.2, 0.25) is 0 Å². The number of phosphoric ester groups is 1. The summed E-state index contributed by atoms with van der Waals surface area (Å²) in [5, 5.41) is 0. The van der Waals surface area contributed by atoms with Crippen molar-refractivity contribution in [2.75, 3.05) is 54.1 Å². The average molecular weight is 647 g/mol. The zero-order valence-electron chi connectivity index (χ0n) is 29.1. The number of carbonyl (C=O) groups excluding carboxylic acids is 1. The van der Waals surface area contributed by atoms with Crippen LogP contribution in [0.25, 0.3) is 0 Å². The van der Waals surface area contributed by atoms with Crippen LogP contribution >= 0.6 is 7.82 Å². The fourth-order valence-corrected chi connectivity index (χ4v) is 5.18. The lowest BCUT2D eigenvalue weighted by Gasteiger charge is -2.24. The molecule has 0 fully saturated rings. The molecule has 8 nitrogen and oxygen atoms in total. The van der Waals surface area contributed by atoms with Crippen molar-refractivity contribution in [1.29, 1.82) is 0 Å². The van der Waals surface area contributed by atoms with Gasteiger partial charge in [0.25, 0.3) is 0 Å². The predicted molar refractivity (Wildman–Crippen MR) is 183 cm³/mol. The number of unbranched alkanes of at least 4 members (excludes halogenated alkanes) is 14. The van der Waals surface area contributed by atoms with Crippen molar-refractivity contribution in [3.8, 4) is 0 Å². The Bertz CT molecular complexity index is 767. The maximum Gasteiger partial charge on any atom is 0.472 e. The van der Waals surface area contributed by atoms with Gasteiger partial charge in [0.2, 0.25) is 0 Å². The molecule has 0 aromatic rings. The number of hydrogen-bond donors (Lipinski definition) is 1. The molecule has 0 rings (SSSR count). The monoisotopic (exact) mass is 646 g/mol. The number of nitrogens with zero attached hydrogens (tertiary/aromatic N) is 1. The van der Waals surface area contributed by atoms with Gasteiger partial charge in [0.1, 0.15) is 19.3 Å². The summed E-state index contributed by atoms with van der Waals surface area (Å²) in [5.74, 6) is -0.351. The third-order valence-corrected chi connectivity index (χ3v) is 8.25. The third-order valence-electron chi connectivity index (χ3n) is 7.27. The molecule has 0 heterocycles. The van der Waals surface area contributed by atoms with Crippen LogP contribution in [0.4, 0.5) is 0 Å². The molecule has 44 heavy (non-hydrogen) atoms. The van der Waals surface area contributed by atoms with Crippen LogP contribution in [0.5, 0.6) is 0 Å². The number of ether oxygens (including phenoxy) is 2. The van der Waals surface area contributed by atoms with E-state index >= 15 is 0 Å². The van der Waals surface area contributed by atoms with Crippen molar-refractivity contribution in [2.45, 2.75) is 142 Å². The Balaban J connectivity index is 3.90. The second-order valence-electron chi connectivity index (χ2n) is 12.9. The first-order valence-corrected chi connectivity index (χ1v) is 19.1. The minimum atomic E-state index is -4.24. The second-order valence-corrected chi connectivity index (χ2v) is 14.4. The molecular formula is C35H69NO7P+. The number of likely N-dealkylation sites (N-methyl/N-ethyl adjacent to an activating group) is 1. The van der Waals surface area contributed by atoms with Crippen LogP contribution in [-0.2, 0) is 27.9 Å². The molecular weight excluding hydrogens is 577 g/mol. The lowest BCUT2D eigenvalue weighted by Crippen LogP contribution is -2.37. The summed E-state index contributed by atoms with van der Waals surface area (Å²) in [4.78, 5) is 22.1. The van der Waals surface area contributed by atoms with Crippen LogP contribution in [0.15, 0.2) is 24.3 Å². The maximum absolute atomic E-state index is 12.3. The van der Waals surface area contributed by atoms with Crippen molar-refractivity contribution < 1.29 is 37.3 Å². The zero-order valence-corrected chi connectivity index (χ0v) is 30.0. The third kappa shape index (κ3) is 32.4. The molecule has 260 valence electrons. The summed E-state index contributed by atoms with van der Waals surface area (Å²) in [6.45, 7) is 5.34. The van der Waals surface area contributed by atoms with Gasteiger partial charge in [0, 0.05) is 13.0 Å². The molecule has 0 saturated heterocycles. The highest BCUT2D eigenvalue weighted by Crippen LogP contribution is 2.43. The van der Waals surface area contributed by atoms with Gasteiger partial charge in [-0.25, -0.2) is 4.57 Å². The van der Waals surface area contributed by atoms with E-state index in [1.165, 1.54) is 83.5 Å². The summed E-state index contributed by atoms with van der Waals surface area (Å²) in [6, 6.07) is 0. The van der Waals surface area contributed by atoms with Crippen LogP contribution in [0.3, 0.4) is 0 Å². The molecule has 1 N–H and O–H groups in total. The molecule has 0 radical (unpaired) electrons. The largest absolute Gasteiger partial charge is 0.472 e. The van der Waals surface area contributed by atoms with Gasteiger partial charge < -0.3 is 18.9 Å². The number of esters is 1. The van der Waals surface area contributed by atoms with E-state index in [4.69, 9.17) is 18.5 Å². The molecule has 0 aliphatic carbocycles. The van der Waals surface area contributed by atoms with Gasteiger partial charge in [-0.15, -0.1) is 0 Å². The van der Waals surface area contributed by atoms with Crippen molar-refractivity contribution in [2.24, 2.45) is 0 Å². The lowest BCUT2D eigenvalue weighted by atomic mass is 10.1. The summed E-state index contributed by atoms with van der Waals surface area (Å²) < 4.78 is 34.3. The average Bonchev–Trinajstić information content (AvgIpc) is 2.96. The first kappa shape index (κ1) is 43.0. The van der Waals surface area contributed by atoms with E-state index < -0.39 is 13.9 Å². The maximum atomic E-state index is 12.3. The van der Waals surface area contributed by atoms with Gasteiger partial charge in [-0.05, 0) is 44.9 Å². The van der Waals surface area contributed by atoms with E-state index in [0.29, 0.717) is 24.1 Å². The van der Waals surface area contributed by atoms with E-state index in [1.54, 1.807) is 0 Å². The molecule has 0 aromatic heterocycles. The predicted octanol–water partition coefficient (Wildman–Crippen LogP) is 9.32. The Morgan fingerprint density at radius 2 is 1.25 bits per heavy atom. The number of allylic oxidation sites excluding steroid dienone is 4. The van der Waals surface area contributed by atoms with E-state index in [0.717, 1.165) is 32.1 Å². The minimum Gasteiger partial charge on any atom is -0.457 e. The Kier molecular flexibility index (Phi) is 28.7. The Hall–Kier alpha value is -1.02. The molecule has 0 amide bonds. The fourth-order valence-electron chi connectivity index (χ4n) is 4.44. The van der Waals surface area contributed by atoms with Gasteiger partial charge >= 0.3 is 13.8 Å². The fraction of sp³-hybridized carbons (Fsp3) is 0.857. The van der Waals surface area contributed by atoms with Crippen LogP contribution < -0.4 is 0 Å². The molecule has 9 heteroatoms. The topological polar surface area (TPSA) is 91.3 Å². The Labute approximate surface area is 271 Å². The molecule has 0 saturated carbocycles. The minimum absolute atomic E-state index is 0.0876. The van der Waals surface area contributed by atoms with Gasteiger partial charge in [-0.1, -0.05) is 109 Å². The summed E-state index contributed by atoms with van der Waals surface area (Å²) >= 11 is 0. The number of quaternary nitrogens is 1. The standard InChI is InChI=1S/C35H68NO7P/c1-6-8-10-11-12-13-14-15-16-17-18-19-20-21-22-23-24-25-26-27-30-40-32-34(43-35(37)28-9-7-2)33-42-44(38,39)41-31-29-36(3,4)5/h12-13,15-16,34H,6-11,14,17-33H2,1-5H3/p+1/b13-12-,16-15-. The molecule has 2 unspecified atom stereocenters. The number of hydrogen-bond acceptors (Lipinski definition) is 6. The quantitative estimate of drug-likeness (QED) is 0.0256.